The SMILES string of the molecule is Cn1nc(C(F)(F)C(C)(C)O)c2c1-c1ccc(-c3cccc(S(C)(=O)=O)c3)cc1N1C(=C3C=C4OC(F)(F)OC4=CC3)C=NN21. The maximum atomic E-state index is 15.8. The third kappa shape index (κ3) is 4.43. The number of halogens is 4. The number of hydrogen-bond donors (Lipinski definition) is 1. The number of alkyl halides is 4. The first-order valence-corrected chi connectivity index (χ1v) is 15.5. The Balaban J connectivity index is 1.46. The number of sulfone groups is 1. The predicted molar refractivity (Wildman–Crippen MR) is 156 cm³/mol. The van der Waals surface area contributed by atoms with Gasteiger partial charge >= 0.3 is 12.2 Å². The molecule has 1 N–H and O–H groups in total. The fourth-order valence-corrected chi connectivity index (χ4v) is 6.31. The van der Waals surface area contributed by atoms with Gasteiger partial charge in [-0.15, -0.1) is 8.78 Å². The fraction of sp³-hybridized carbons (Fsp3) is 0.267. The molecule has 3 aliphatic heterocycles. The highest BCUT2D eigenvalue weighted by molar-refractivity contribution is 7.90. The number of aromatic nitrogens is 2. The molecule has 0 saturated carbocycles. The monoisotopic (exact) mass is 643 g/mol. The molecule has 1 aliphatic carbocycles. The Labute approximate surface area is 254 Å². The molecule has 0 amide bonds. The minimum absolute atomic E-state index is 0.0810. The standard InChI is InChI=1S/C30H25F4N5O5S/c1-28(2,40)29(31,32)27-26-25(37(3)36-27)20-10-8-17(16-6-5-7-19(12-16)45(4,41)42)13-21(20)38-22(15-35-39(26)38)18-9-11-23-24(14-18)44-30(33,34)43-23/h5-8,10-15,40H,9H2,1-4H3. The Morgan fingerprint density at radius 2 is 1.76 bits per heavy atom. The van der Waals surface area contributed by atoms with Gasteiger partial charge in [0.25, 0.3) is 0 Å². The Morgan fingerprint density at radius 3 is 2.47 bits per heavy atom. The van der Waals surface area contributed by atoms with Gasteiger partial charge in [0.15, 0.2) is 27.0 Å². The van der Waals surface area contributed by atoms with Crippen molar-refractivity contribution in [2.45, 2.75) is 43.0 Å². The van der Waals surface area contributed by atoms with Crippen LogP contribution in [0.25, 0.3) is 22.4 Å². The first-order valence-electron chi connectivity index (χ1n) is 13.6. The lowest BCUT2D eigenvalue weighted by Gasteiger charge is -2.37. The zero-order valence-corrected chi connectivity index (χ0v) is 25.0. The van der Waals surface area contributed by atoms with Crippen molar-refractivity contribution in [3.05, 3.63) is 83.1 Å². The zero-order chi connectivity index (χ0) is 32.3. The van der Waals surface area contributed by atoms with E-state index in [1.807, 2.05) is 0 Å². The van der Waals surface area contributed by atoms with Crippen LogP contribution in [0, 0.1) is 0 Å². The van der Waals surface area contributed by atoms with Crippen molar-refractivity contribution in [3.63, 3.8) is 0 Å². The van der Waals surface area contributed by atoms with Gasteiger partial charge in [0.2, 0.25) is 0 Å². The number of fused-ring (bicyclic) bond motifs is 7. The van der Waals surface area contributed by atoms with E-state index >= 15 is 8.78 Å². The van der Waals surface area contributed by atoms with Crippen molar-refractivity contribution in [1.82, 2.24) is 9.78 Å². The van der Waals surface area contributed by atoms with Crippen LogP contribution in [0.2, 0.25) is 0 Å². The number of hydrogen-bond acceptors (Lipinski definition) is 9. The highest BCUT2D eigenvalue weighted by atomic mass is 32.2. The number of nitrogens with zero attached hydrogens (tertiary/aromatic N) is 5. The van der Waals surface area contributed by atoms with Crippen molar-refractivity contribution in [1.29, 1.82) is 0 Å². The quantitative estimate of drug-likeness (QED) is 0.367. The Morgan fingerprint density at radius 1 is 1.04 bits per heavy atom. The number of rotatable bonds is 4. The molecule has 234 valence electrons. The summed E-state index contributed by atoms with van der Waals surface area (Å²) in [5.74, 6) is -4.13. The maximum absolute atomic E-state index is 15.8. The molecule has 4 heterocycles. The van der Waals surface area contributed by atoms with Crippen LogP contribution in [0.4, 0.5) is 28.9 Å². The average Bonchev–Trinajstić information content (AvgIpc) is 3.63. The molecular formula is C30H25F4N5O5S. The van der Waals surface area contributed by atoms with Crippen molar-refractivity contribution in [3.8, 4) is 22.4 Å². The average molecular weight is 644 g/mol. The summed E-state index contributed by atoms with van der Waals surface area (Å²) in [4.78, 5) is 0.117. The Bertz CT molecular complexity index is 2040. The number of hydrazine groups is 1. The van der Waals surface area contributed by atoms with Crippen LogP contribution in [-0.2, 0) is 32.3 Å². The molecule has 1 aromatic heterocycles. The molecule has 4 aliphatic rings. The first-order chi connectivity index (χ1) is 21.0. The lowest BCUT2D eigenvalue weighted by molar-refractivity contribution is -0.326. The second kappa shape index (κ2) is 9.20. The lowest BCUT2D eigenvalue weighted by Crippen LogP contribution is -2.43. The summed E-state index contributed by atoms with van der Waals surface area (Å²) < 4.78 is 94.2. The van der Waals surface area contributed by atoms with Gasteiger partial charge in [-0.05, 0) is 73.4 Å². The van der Waals surface area contributed by atoms with Gasteiger partial charge in [0.05, 0.1) is 28.2 Å². The smallest absolute Gasteiger partial charge is 0.396 e. The molecule has 1 saturated heterocycles. The van der Waals surface area contributed by atoms with Crippen LogP contribution in [0.5, 0.6) is 0 Å². The summed E-state index contributed by atoms with van der Waals surface area (Å²) in [7, 11) is -2.01. The minimum atomic E-state index is -3.83. The van der Waals surface area contributed by atoms with Gasteiger partial charge in [-0.3, -0.25) is 4.68 Å². The normalized spacial score (nSPS) is 20.1. The number of anilines is 2. The molecule has 45 heavy (non-hydrogen) atoms. The number of benzene rings is 2. The minimum Gasteiger partial charge on any atom is -0.396 e. The second-order valence-electron chi connectivity index (χ2n) is 11.5. The number of ether oxygens (including phenoxy) is 2. The zero-order valence-electron chi connectivity index (χ0n) is 24.2. The van der Waals surface area contributed by atoms with Crippen molar-refractivity contribution in [2.75, 3.05) is 16.4 Å². The van der Waals surface area contributed by atoms with E-state index in [0.29, 0.717) is 33.6 Å². The number of allylic oxidation sites excluding steroid dienone is 4. The molecule has 15 heteroatoms. The van der Waals surface area contributed by atoms with Crippen LogP contribution in [0.1, 0.15) is 26.0 Å². The molecule has 0 bridgehead atoms. The third-order valence-electron chi connectivity index (χ3n) is 7.91. The van der Waals surface area contributed by atoms with E-state index in [-0.39, 0.29) is 34.2 Å². The summed E-state index contributed by atoms with van der Waals surface area (Å²) in [5.41, 5.74) is -0.0181. The third-order valence-corrected chi connectivity index (χ3v) is 9.02. The topological polar surface area (TPSA) is 109 Å². The van der Waals surface area contributed by atoms with Gasteiger partial charge in [0, 0.05) is 18.9 Å². The number of hydrazone groups is 1. The number of aryl methyl sites for hydroxylation is 1. The summed E-state index contributed by atoms with van der Waals surface area (Å²) in [5, 5.41) is 21.8. The molecule has 2 aromatic carbocycles. The van der Waals surface area contributed by atoms with E-state index in [1.165, 1.54) is 47.3 Å². The highest BCUT2D eigenvalue weighted by Crippen LogP contribution is 2.54. The lowest BCUT2D eigenvalue weighted by atomic mass is 9.93. The second-order valence-corrected chi connectivity index (χ2v) is 13.6. The molecular weight excluding hydrogens is 618 g/mol. The Kier molecular flexibility index (Phi) is 5.95. The summed E-state index contributed by atoms with van der Waals surface area (Å²) >= 11 is 0. The highest BCUT2D eigenvalue weighted by Gasteiger charge is 2.54. The molecule has 7 rings (SSSR count). The predicted octanol–water partition coefficient (Wildman–Crippen LogP) is 5.58. The number of aliphatic hydroxyl groups is 1. The van der Waals surface area contributed by atoms with Crippen LogP contribution in [0.3, 0.4) is 0 Å². The molecule has 10 nitrogen and oxygen atoms in total. The maximum Gasteiger partial charge on any atom is 0.586 e. The van der Waals surface area contributed by atoms with Gasteiger partial charge < -0.3 is 14.6 Å². The largest absolute Gasteiger partial charge is 0.586 e. The molecule has 0 unspecified atom stereocenters. The first kappa shape index (κ1) is 29.1. The Hall–Kier alpha value is -4.63. The van der Waals surface area contributed by atoms with E-state index in [9.17, 15) is 22.3 Å². The van der Waals surface area contributed by atoms with E-state index < -0.39 is 33.3 Å². The van der Waals surface area contributed by atoms with Crippen molar-refractivity contribution in [2.24, 2.45) is 12.1 Å². The van der Waals surface area contributed by atoms with E-state index in [2.05, 4.69) is 19.7 Å². The summed E-state index contributed by atoms with van der Waals surface area (Å²) in [6, 6.07) is 11.6. The molecule has 0 atom stereocenters. The summed E-state index contributed by atoms with van der Waals surface area (Å²) in [6.07, 6.45) is 1.62. The van der Waals surface area contributed by atoms with Crippen LogP contribution in [-0.4, -0.2) is 47.7 Å². The van der Waals surface area contributed by atoms with Crippen molar-refractivity contribution >= 4 is 27.4 Å². The van der Waals surface area contributed by atoms with E-state index in [0.717, 1.165) is 20.1 Å². The summed E-state index contributed by atoms with van der Waals surface area (Å²) in [6.45, 7) is 1.97. The molecule has 0 radical (unpaired) electrons. The van der Waals surface area contributed by atoms with E-state index in [4.69, 9.17) is 0 Å². The van der Waals surface area contributed by atoms with Crippen LogP contribution >= 0.6 is 0 Å². The molecule has 3 aromatic rings. The van der Waals surface area contributed by atoms with Crippen LogP contribution < -0.4 is 10.1 Å². The van der Waals surface area contributed by atoms with Gasteiger partial charge in [-0.2, -0.15) is 24.1 Å². The van der Waals surface area contributed by atoms with Crippen LogP contribution in [0.15, 0.2) is 87.4 Å². The van der Waals surface area contributed by atoms with Gasteiger partial charge in [-0.25, -0.2) is 13.4 Å². The van der Waals surface area contributed by atoms with Gasteiger partial charge in [-0.1, -0.05) is 18.2 Å². The molecule has 1 fully saturated rings. The van der Waals surface area contributed by atoms with Gasteiger partial charge in [0.1, 0.15) is 11.3 Å². The van der Waals surface area contributed by atoms with E-state index in [1.54, 1.807) is 35.3 Å². The fourth-order valence-electron chi connectivity index (χ4n) is 5.64. The molecule has 0 spiro atoms. The van der Waals surface area contributed by atoms with Crippen molar-refractivity contribution < 1.29 is 40.6 Å².